The maximum atomic E-state index is 14.1. The molecule has 0 unspecified atom stereocenters. The van der Waals surface area contributed by atoms with Crippen molar-refractivity contribution in [3.63, 3.8) is 0 Å². The summed E-state index contributed by atoms with van der Waals surface area (Å²) in [6, 6.07) is 7.72. The summed E-state index contributed by atoms with van der Waals surface area (Å²) < 4.78 is 15.5. The van der Waals surface area contributed by atoms with Crippen LogP contribution in [0, 0.1) is 5.82 Å². The van der Waals surface area contributed by atoms with Crippen molar-refractivity contribution in [1.82, 2.24) is 4.57 Å². The van der Waals surface area contributed by atoms with Crippen molar-refractivity contribution >= 4 is 11.6 Å². The number of pyridine rings is 1. The first kappa shape index (κ1) is 13.5. The number of benzene rings is 1. The number of carbonyl (C=O) groups excluding carboxylic acids is 1. The highest BCUT2D eigenvalue weighted by atomic mass is 19.1. The van der Waals surface area contributed by atoms with Gasteiger partial charge in [0.2, 0.25) is 0 Å². The molecule has 21 heavy (non-hydrogen) atoms. The van der Waals surface area contributed by atoms with Crippen LogP contribution in [0.1, 0.15) is 22.3 Å². The number of rotatable bonds is 1. The minimum absolute atomic E-state index is 0.258. The Bertz CT molecular complexity index is 767. The standard InChI is InChI=1S/C16H15FN2O2/c1-18-9-7-12(10-14(18)20)16(21)19-8-3-5-11-4-2-6-13(17)15(11)19/h2,4,6-7,9-10H,3,5,8H2,1H3. The number of nitrogens with zero attached hydrogens (tertiary/aromatic N) is 2. The van der Waals surface area contributed by atoms with Crippen molar-refractivity contribution in [3.8, 4) is 0 Å². The van der Waals surface area contributed by atoms with Crippen LogP contribution in [0.15, 0.2) is 41.3 Å². The number of amides is 1. The Morgan fingerprint density at radius 2 is 2.10 bits per heavy atom. The highest BCUT2D eigenvalue weighted by molar-refractivity contribution is 6.06. The van der Waals surface area contributed by atoms with Crippen molar-refractivity contribution < 1.29 is 9.18 Å². The Hall–Kier alpha value is -2.43. The summed E-state index contributed by atoms with van der Waals surface area (Å²) in [6.45, 7) is 0.460. The number of aryl methyl sites for hydroxylation is 2. The van der Waals surface area contributed by atoms with Crippen LogP contribution in [0.2, 0.25) is 0 Å². The maximum Gasteiger partial charge on any atom is 0.258 e. The van der Waals surface area contributed by atoms with E-state index in [1.165, 1.54) is 21.6 Å². The lowest BCUT2D eigenvalue weighted by Gasteiger charge is -2.29. The summed E-state index contributed by atoms with van der Waals surface area (Å²) >= 11 is 0. The van der Waals surface area contributed by atoms with Gasteiger partial charge in [0.05, 0.1) is 5.69 Å². The topological polar surface area (TPSA) is 42.3 Å². The van der Waals surface area contributed by atoms with E-state index in [4.69, 9.17) is 0 Å². The number of fused-ring (bicyclic) bond motifs is 1. The predicted octanol–water partition coefficient (Wildman–Crippen LogP) is 2.12. The van der Waals surface area contributed by atoms with E-state index in [9.17, 15) is 14.0 Å². The fourth-order valence-corrected chi connectivity index (χ4v) is 2.64. The van der Waals surface area contributed by atoms with Crippen LogP contribution in [0.4, 0.5) is 10.1 Å². The van der Waals surface area contributed by atoms with Crippen molar-refractivity contribution in [3.05, 3.63) is 63.8 Å². The van der Waals surface area contributed by atoms with Gasteiger partial charge in [-0.3, -0.25) is 9.59 Å². The van der Waals surface area contributed by atoms with Gasteiger partial charge < -0.3 is 9.47 Å². The van der Waals surface area contributed by atoms with Gasteiger partial charge in [-0.05, 0) is 30.5 Å². The number of carbonyl (C=O) groups is 1. The first-order chi connectivity index (χ1) is 10.1. The second kappa shape index (κ2) is 5.16. The van der Waals surface area contributed by atoms with Crippen molar-refractivity contribution in [2.24, 2.45) is 7.05 Å². The van der Waals surface area contributed by atoms with E-state index in [0.717, 1.165) is 18.4 Å². The average molecular weight is 286 g/mol. The van der Waals surface area contributed by atoms with E-state index in [1.54, 1.807) is 25.4 Å². The number of aromatic nitrogens is 1. The summed E-state index contributed by atoms with van der Waals surface area (Å²) in [5.74, 6) is -0.733. The predicted molar refractivity (Wildman–Crippen MR) is 78.1 cm³/mol. The molecule has 1 aliphatic rings. The van der Waals surface area contributed by atoms with E-state index in [2.05, 4.69) is 0 Å². The molecule has 0 atom stereocenters. The molecule has 0 saturated heterocycles. The van der Waals surface area contributed by atoms with Crippen LogP contribution in [0.25, 0.3) is 0 Å². The second-order valence-electron chi connectivity index (χ2n) is 5.17. The Morgan fingerprint density at radius 3 is 2.86 bits per heavy atom. The first-order valence-corrected chi connectivity index (χ1v) is 6.84. The quantitative estimate of drug-likeness (QED) is 0.806. The third kappa shape index (κ3) is 2.35. The van der Waals surface area contributed by atoms with Crippen LogP contribution in [-0.2, 0) is 13.5 Å². The Morgan fingerprint density at radius 1 is 1.29 bits per heavy atom. The first-order valence-electron chi connectivity index (χ1n) is 6.84. The molecule has 3 rings (SSSR count). The van der Waals surface area contributed by atoms with Crippen LogP contribution in [0.3, 0.4) is 0 Å². The molecule has 1 aliphatic heterocycles. The maximum absolute atomic E-state index is 14.1. The zero-order valence-electron chi connectivity index (χ0n) is 11.7. The Kier molecular flexibility index (Phi) is 3.33. The monoisotopic (exact) mass is 286 g/mol. The molecular formula is C16H15FN2O2. The Balaban J connectivity index is 2.04. The van der Waals surface area contributed by atoms with Crippen molar-refractivity contribution in [1.29, 1.82) is 0 Å². The van der Waals surface area contributed by atoms with Gasteiger partial charge in [-0.1, -0.05) is 12.1 Å². The molecule has 1 amide bonds. The lowest BCUT2D eigenvalue weighted by molar-refractivity contribution is 0.0984. The highest BCUT2D eigenvalue weighted by Gasteiger charge is 2.26. The van der Waals surface area contributed by atoms with Gasteiger partial charge in [-0.15, -0.1) is 0 Å². The highest BCUT2D eigenvalue weighted by Crippen LogP contribution is 2.30. The van der Waals surface area contributed by atoms with Crippen molar-refractivity contribution in [2.75, 3.05) is 11.4 Å². The molecule has 2 aromatic rings. The van der Waals surface area contributed by atoms with Crippen molar-refractivity contribution in [2.45, 2.75) is 12.8 Å². The fraction of sp³-hybridized carbons (Fsp3) is 0.250. The van der Waals surface area contributed by atoms with Crippen LogP contribution >= 0.6 is 0 Å². The van der Waals surface area contributed by atoms with E-state index < -0.39 is 5.82 Å². The molecule has 0 saturated carbocycles. The van der Waals surface area contributed by atoms with E-state index >= 15 is 0 Å². The van der Waals surface area contributed by atoms with Gasteiger partial charge in [0.25, 0.3) is 11.5 Å². The van der Waals surface area contributed by atoms with E-state index in [-0.39, 0.29) is 17.0 Å². The van der Waals surface area contributed by atoms with Crippen LogP contribution < -0.4 is 10.5 Å². The minimum Gasteiger partial charge on any atom is -0.319 e. The number of halogens is 1. The molecule has 0 aliphatic carbocycles. The summed E-state index contributed by atoms with van der Waals surface area (Å²) in [5.41, 5.74) is 1.20. The van der Waals surface area contributed by atoms with Gasteiger partial charge in [0.15, 0.2) is 0 Å². The lowest BCUT2D eigenvalue weighted by Crippen LogP contribution is -2.37. The SMILES string of the molecule is Cn1ccc(C(=O)N2CCCc3cccc(F)c32)cc1=O. The minimum atomic E-state index is -0.399. The molecule has 1 aromatic carbocycles. The second-order valence-corrected chi connectivity index (χ2v) is 5.17. The van der Waals surface area contributed by atoms with Gasteiger partial charge in [0, 0.05) is 31.4 Å². The molecule has 0 spiro atoms. The molecule has 0 bridgehead atoms. The smallest absolute Gasteiger partial charge is 0.258 e. The number of anilines is 1. The van der Waals surface area contributed by atoms with Gasteiger partial charge in [0.1, 0.15) is 5.82 Å². The average Bonchev–Trinajstić information content (AvgIpc) is 2.49. The zero-order chi connectivity index (χ0) is 15.0. The molecule has 108 valence electrons. The fourth-order valence-electron chi connectivity index (χ4n) is 2.64. The molecule has 2 heterocycles. The normalized spacial score (nSPS) is 13.9. The van der Waals surface area contributed by atoms with E-state index in [0.29, 0.717) is 12.2 Å². The number of para-hydroxylation sites is 1. The van der Waals surface area contributed by atoms with E-state index in [1.807, 2.05) is 6.07 Å². The molecule has 4 nitrogen and oxygen atoms in total. The van der Waals surface area contributed by atoms with Crippen LogP contribution in [0.5, 0.6) is 0 Å². The third-order valence-electron chi connectivity index (χ3n) is 3.76. The molecular weight excluding hydrogens is 271 g/mol. The summed E-state index contributed by atoms with van der Waals surface area (Å²) in [4.78, 5) is 25.7. The Labute approximate surface area is 121 Å². The molecule has 5 heteroatoms. The lowest BCUT2D eigenvalue weighted by atomic mass is 10.0. The van der Waals surface area contributed by atoms with Crippen LogP contribution in [-0.4, -0.2) is 17.0 Å². The summed E-state index contributed by atoms with van der Waals surface area (Å²) in [7, 11) is 1.62. The molecule has 1 aromatic heterocycles. The largest absolute Gasteiger partial charge is 0.319 e. The van der Waals surface area contributed by atoms with Gasteiger partial charge >= 0.3 is 0 Å². The molecule has 0 fully saturated rings. The molecule has 0 N–H and O–H groups in total. The molecule has 0 radical (unpaired) electrons. The summed E-state index contributed by atoms with van der Waals surface area (Å²) in [5, 5.41) is 0. The number of hydrogen-bond acceptors (Lipinski definition) is 2. The van der Waals surface area contributed by atoms with Gasteiger partial charge in [-0.2, -0.15) is 0 Å². The van der Waals surface area contributed by atoms with Gasteiger partial charge in [-0.25, -0.2) is 4.39 Å². The number of hydrogen-bond donors (Lipinski definition) is 0. The summed E-state index contributed by atoms with van der Waals surface area (Å²) in [6.07, 6.45) is 3.09. The third-order valence-corrected chi connectivity index (χ3v) is 3.76. The zero-order valence-corrected chi connectivity index (χ0v) is 11.7.